The van der Waals surface area contributed by atoms with E-state index in [2.05, 4.69) is 26.8 Å². The molecule has 4 aromatic rings. The summed E-state index contributed by atoms with van der Waals surface area (Å²) in [4.78, 5) is 56.3. The number of carbonyl (C=O) groups excluding carboxylic acids is 3. The molecule has 1 fully saturated rings. The van der Waals surface area contributed by atoms with Crippen LogP contribution in [0.1, 0.15) is 34.6 Å². The fourth-order valence-electron chi connectivity index (χ4n) is 5.29. The zero-order valence-corrected chi connectivity index (χ0v) is 22.4. The van der Waals surface area contributed by atoms with Crippen LogP contribution in [-0.2, 0) is 4.79 Å². The van der Waals surface area contributed by atoms with Crippen molar-refractivity contribution in [1.82, 2.24) is 20.3 Å². The molecular weight excluding hydrogens is 530 g/mol. The number of nitrogens with zero attached hydrogens (tertiary/aromatic N) is 5. The highest BCUT2D eigenvalue weighted by molar-refractivity contribution is 7.21. The lowest BCUT2D eigenvalue weighted by Crippen LogP contribution is -2.55. The summed E-state index contributed by atoms with van der Waals surface area (Å²) in [5, 5.41) is 3.58. The van der Waals surface area contributed by atoms with Gasteiger partial charge in [-0.2, -0.15) is 0 Å². The first-order valence-electron chi connectivity index (χ1n) is 12.7. The van der Waals surface area contributed by atoms with E-state index in [1.54, 1.807) is 35.5 Å². The Bertz CT molecular complexity index is 1650. The first kappa shape index (κ1) is 25.4. The maximum atomic E-state index is 14.4. The SMILES string of the molecule is C=CC(=O)N[C@H]1CCC[C@H]1N1C(=O)N(c2ccc(Oc3ccc(C)nc3)cn2)c2ccnc3sc(C(N)=O)c1c23. The number of hydrogen-bond donors (Lipinski definition) is 2. The van der Waals surface area contributed by atoms with E-state index in [1.807, 2.05) is 19.1 Å². The van der Waals surface area contributed by atoms with Crippen LogP contribution in [0.25, 0.3) is 10.2 Å². The van der Waals surface area contributed by atoms with Crippen LogP contribution in [0, 0.1) is 6.92 Å². The molecule has 2 aliphatic rings. The third kappa shape index (κ3) is 4.31. The Morgan fingerprint density at radius 2 is 1.90 bits per heavy atom. The highest BCUT2D eigenvalue weighted by Gasteiger charge is 2.45. The van der Waals surface area contributed by atoms with Crippen LogP contribution in [0.5, 0.6) is 11.5 Å². The molecule has 0 spiro atoms. The Hall–Kier alpha value is -4.84. The predicted molar refractivity (Wildman–Crippen MR) is 151 cm³/mol. The van der Waals surface area contributed by atoms with E-state index >= 15 is 0 Å². The van der Waals surface area contributed by atoms with Crippen molar-refractivity contribution in [2.45, 2.75) is 38.3 Å². The molecule has 11 nitrogen and oxygen atoms in total. The average Bonchev–Trinajstić information content (AvgIpc) is 3.57. The van der Waals surface area contributed by atoms with Gasteiger partial charge in [-0.1, -0.05) is 6.58 Å². The standard InChI is InChI=1S/C28H25N7O4S/c1-3-22(36)33-18-5-4-6-19(18)35-24-23-20(11-12-30-27(23)40-25(24)26(29)37)34(28(35)38)21-10-9-17(14-32-21)39-16-8-7-15(2)31-13-16/h3,7-14,18-19H,1,4-6H2,2H3,(H2,29,37)(H,33,36)/t18-,19+/m0/s1. The van der Waals surface area contributed by atoms with Crippen molar-refractivity contribution < 1.29 is 19.1 Å². The molecule has 0 saturated heterocycles. The number of carbonyl (C=O) groups is 3. The molecule has 6 rings (SSSR count). The highest BCUT2D eigenvalue weighted by Crippen LogP contribution is 2.50. The van der Waals surface area contributed by atoms with Gasteiger partial charge in [0.2, 0.25) is 5.91 Å². The van der Waals surface area contributed by atoms with Crippen LogP contribution in [0.2, 0.25) is 0 Å². The van der Waals surface area contributed by atoms with Crippen molar-refractivity contribution >= 4 is 56.6 Å². The summed E-state index contributed by atoms with van der Waals surface area (Å²) < 4.78 is 5.86. The molecule has 1 saturated carbocycles. The molecule has 0 aromatic carbocycles. The lowest BCUT2D eigenvalue weighted by Gasteiger charge is -2.40. The van der Waals surface area contributed by atoms with Crippen molar-refractivity contribution in [3.63, 3.8) is 0 Å². The Balaban J connectivity index is 1.44. The van der Waals surface area contributed by atoms with Gasteiger partial charge in [0.15, 0.2) is 0 Å². The second-order valence-corrected chi connectivity index (χ2v) is 10.5. The van der Waals surface area contributed by atoms with Crippen molar-refractivity contribution in [3.8, 4) is 11.5 Å². The number of amides is 4. The molecule has 2 atom stereocenters. The normalized spacial score (nSPS) is 18.2. The molecule has 1 aliphatic heterocycles. The third-order valence-electron chi connectivity index (χ3n) is 7.04. The average molecular weight is 556 g/mol. The van der Waals surface area contributed by atoms with Gasteiger partial charge >= 0.3 is 6.03 Å². The number of aromatic nitrogens is 3. The van der Waals surface area contributed by atoms with Crippen molar-refractivity contribution in [2.75, 3.05) is 9.80 Å². The van der Waals surface area contributed by atoms with Gasteiger partial charge in [0.1, 0.15) is 27.0 Å². The highest BCUT2D eigenvalue weighted by atomic mass is 32.1. The first-order valence-corrected chi connectivity index (χ1v) is 13.5. The summed E-state index contributed by atoms with van der Waals surface area (Å²) in [5.74, 6) is 0.425. The summed E-state index contributed by atoms with van der Waals surface area (Å²) in [7, 11) is 0. The molecule has 3 N–H and O–H groups in total. The molecule has 12 heteroatoms. The molecule has 4 aromatic heterocycles. The van der Waals surface area contributed by atoms with Crippen LogP contribution in [-0.4, -0.2) is 44.9 Å². The lowest BCUT2D eigenvalue weighted by atomic mass is 10.0. The smallest absolute Gasteiger partial charge is 0.335 e. The topological polar surface area (TPSA) is 144 Å². The minimum absolute atomic E-state index is 0.243. The molecular formula is C28H25N7O4S. The third-order valence-corrected chi connectivity index (χ3v) is 8.14. The van der Waals surface area contributed by atoms with Gasteiger partial charge < -0.3 is 15.8 Å². The van der Waals surface area contributed by atoms with E-state index in [0.29, 0.717) is 51.7 Å². The van der Waals surface area contributed by atoms with E-state index < -0.39 is 18.0 Å². The molecule has 202 valence electrons. The van der Waals surface area contributed by atoms with Gasteiger partial charge in [0, 0.05) is 11.9 Å². The van der Waals surface area contributed by atoms with E-state index in [1.165, 1.54) is 17.2 Å². The van der Waals surface area contributed by atoms with Gasteiger partial charge in [0.05, 0.1) is 41.2 Å². The van der Waals surface area contributed by atoms with Crippen LogP contribution in [0.15, 0.2) is 61.6 Å². The number of nitrogens with two attached hydrogens (primary N) is 1. The Labute approximate surface area is 233 Å². The van der Waals surface area contributed by atoms with Crippen LogP contribution < -0.4 is 25.6 Å². The molecule has 1 aliphatic carbocycles. The number of pyridine rings is 3. The number of urea groups is 1. The van der Waals surface area contributed by atoms with Crippen LogP contribution >= 0.6 is 11.3 Å². The van der Waals surface area contributed by atoms with Gasteiger partial charge in [-0.3, -0.25) is 19.5 Å². The summed E-state index contributed by atoms with van der Waals surface area (Å²) in [6.07, 6.45) is 8.03. The van der Waals surface area contributed by atoms with E-state index in [-0.39, 0.29) is 16.8 Å². The number of nitrogens with one attached hydrogen (secondary N) is 1. The zero-order chi connectivity index (χ0) is 28.0. The van der Waals surface area contributed by atoms with E-state index in [9.17, 15) is 14.4 Å². The minimum Gasteiger partial charge on any atom is -0.454 e. The molecule has 5 heterocycles. The van der Waals surface area contributed by atoms with E-state index in [0.717, 1.165) is 23.5 Å². The second-order valence-electron chi connectivity index (χ2n) is 9.55. The number of ether oxygens (including phenoxy) is 1. The quantitative estimate of drug-likeness (QED) is 0.318. The lowest BCUT2D eigenvalue weighted by molar-refractivity contribution is -0.117. The van der Waals surface area contributed by atoms with Crippen molar-refractivity contribution in [2.24, 2.45) is 5.73 Å². The Morgan fingerprint density at radius 1 is 1.12 bits per heavy atom. The number of aryl methyl sites for hydroxylation is 1. The second kappa shape index (κ2) is 10.0. The largest absolute Gasteiger partial charge is 0.454 e. The van der Waals surface area contributed by atoms with Gasteiger partial charge in [-0.05, 0) is 62.6 Å². The first-order chi connectivity index (χ1) is 19.4. The van der Waals surface area contributed by atoms with Crippen LogP contribution in [0.4, 0.5) is 22.0 Å². The van der Waals surface area contributed by atoms with Gasteiger partial charge in [-0.25, -0.2) is 19.7 Å². The van der Waals surface area contributed by atoms with Crippen LogP contribution in [0.3, 0.4) is 0 Å². The molecule has 0 bridgehead atoms. The molecule has 0 radical (unpaired) electrons. The summed E-state index contributed by atoms with van der Waals surface area (Å²) in [6.45, 7) is 5.43. The fourth-order valence-corrected chi connectivity index (χ4v) is 6.29. The maximum Gasteiger partial charge on any atom is 0.335 e. The summed E-state index contributed by atoms with van der Waals surface area (Å²) in [6, 6.07) is 7.63. The molecule has 0 unspecified atom stereocenters. The van der Waals surface area contributed by atoms with Gasteiger partial charge in [-0.15, -0.1) is 11.3 Å². The van der Waals surface area contributed by atoms with Crippen molar-refractivity contribution in [1.29, 1.82) is 0 Å². The Kier molecular flexibility index (Phi) is 6.39. The monoisotopic (exact) mass is 555 g/mol. The Morgan fingerprint density at radius 3 is 2.58 bits per heavy atom. The number of rotatable bonds is 7. The number of hydrogen-bond acceptors (Lipinski definition) is 8. The zero-order valence-electron chi connectivity index (χ0n) is 21.5. The minimum atomic E-state index is -0.648. The van der Waals surface area contributed by atoms with Gasteiger partial charge in [0.25, 0.3) is 5.91 Å². The number of primary amides is 1. The summed E-state index contributed by atoms with van der Waals surface area (Å²) in [5.41, 5.74) is 7.62. The number of thiophene rings is 1. The molecule has 40 heavy (non-hydrogen) atoms. The summed E-state index contributed by atoms with van der Waals surface area (Å²) >= 11 is 1.14. The number of anilines is 3. The fraction of sp³-hybridized carbons (Fsp3) is 0.214. The van der Waals surface area contributed by atoms with E-state index in [4.69, 9.17) is 10.5 Å². The predicted octanol–water partition coefficient (Wildman–Crippen LogP) is 4.59. The maximum absolute atomic E-state index is 14.4. The molecule has 4 amide bonds. The van der Waals surface area contributed by atoms with Crippen molar-refractivity contribution in [3.05, 3.63) is 72.1 Å².